The van der Waals surface area contributed by atoms with E-state index in [-0.39, 0.29) is 17.7 Å². The van der Waals surface area contributed by atoms with Crippen LogP contribution in [0.3, 0.4) is 0 Å². The number of benzene rings is 1. The van der Waals surface area contributed by atoms with E-state index in [2.05, 4.69) is 27.8 Å². The summed E-state index contributed by atoms with van der Waals surface area (Å²) in [5, 5.41) is 14.8. The van der Waals surface area contributed by atoms with Crippen molar-refractivity contribution in [1.29, 1.82) is 0 Å². The topological polar surface area (TPSA) is 84.0 Å². The largest absolute Gasteiger partial charge is 0.344 e. The van der Waals surface area contributed by atoms with Crippen molar-refractivity contribution in [2.24, 2.45) is 5.92 Å². The molecular formula is C19H26N4O2S. The van der Waals surface area contributed by atoms with Gasteiger partial charge < -0.3 is 5.32 Å². The lowest BCUT2D eigenvalue weighted by Crippen LogP contribution is -2.44. The van der Waals surface area contributed by atoms with Gasteiger partial charge in [0.25, 0.3) is 0 Å². The number of amides is 2. The van der Waals surface area contributed by atoms with Gasteiger partial charge in [-0.2, -0.15) is 0 Å². The third kappa shape index (κ3) is 5.62. The zero-order valence-electron chi connectivity index (χ0n) is 15.5. The molecule has 0 aliphatic rings. The second-order valence-corrected chi connectivity index (χ2v) is 7.22. The number of carbonyl (C=O) groups excluding carboxylic acids is 2. The van der Waals surface area contributed by atoms with Crippen molar-refractivity contribution in [3.05, 3.63) is 30.3 Å². The second kappa shape index (κ2) is 10.0. The third-order valence-electron chi connectivity index (χ3n) is 4.20. The highest BCUT2D eigenvalue weighted by atomic mass is 32.1. The summed E-state index contributed by atoms with van der Waals surface area (Å²) in [6, 6.07) is 9.04. The number of nitrogens with one attached hydrogen (secondary N) is 2. The molecule has 0 spiro atoms. The fourth-order valence-corrected chi connectivity index (χ4v) is 3.30. The second-order valence-electron chi connectivity index (χ2n) is 6.25. The molecule has 26 heavy (non-hydrogen) atoms. The first kappa shape index (κ1) is 20.0. The molecule has 0 aliphatic heterocycles. The average Bonchev–Trinajstić information content (AvgIpc) is 3.11. The van der Waals surface area contributed by atoms with Crippen molar-refractivity contribution in [3.63, 3.8) is 0 Å². The Morgan fingerprint density at radius 3 is 2.50 bits per heavy atom. The third-order valence-corrected chi connectivity index (χ3v) is 5.09. The zero-order valence-corrected chi connectivity index (χ0v) is 16.3. The fraction of sp³-hybridized carbons (Fsp3) is 0.474. The van der Waals surface area contributed by atoms with E-state index in [0.717, 1.165) is 36.3 Å². The van der Waals surface area contributed by atoms with Gasteiger partial charge in [0.15, 0.2) is 0 Å². The van der Waals surface area contributed by atoms with E-state index in [0.29, 0.717) is 5.13 Å². The number of carbonyl (C=O) groups is 2. The first-order chi connectivity index (χ1) is 12.5. The number of aromatic nitrogens is 2. The summed E-state index contributed by atoms with van der Waals surface area (Å²) in [6.07, 6.45) is 3.70. The molecule has 0 aliphatic carbocycles. The predicted molar refractivity (Wildman–Crippen MR) is 105 cm³/mol. The summed E-state index contributed by atoms with van der Waals surface area (Å²) in [4.78, 5) is 24.7. The minimum Gasteiger partial charge on any atom is -0.344 e. The van der Waals surface area contributed by atoms with E-state index in [4.69, 9.17) is 0 Å². The molecule has 1 aromatic carbocycles. The van der Waals surface area contributed by atoms with E-state index in [1.54, 1.807) is 6.92 Å². The fourth-order valence-electron chi connectivity index (χ4n) is 2.55. The Morgan fingerprint density at radius 1 is 1.12 bits per heavy atom. The van der Waals surface area contributed by atoms with Gasteiger partial charge in [-0.05, 0) is 19.8 Å². The first-order valence-corrected chi connectivity index (χ1v) is 9.86. The lowest BCUT2D eigenvalue weighted by molar-refractivity contribution is -0.129. The molecule has 2 unspecified atom stereocenters. The molecule has 0 radical (unpaired) electrons. The highest BCUT2D eigenvalue weighted by Crippen LogP contribution is 2.25. The highest BCUT2D eigenvalue weighted by molar-refractivity contribution is 7.18. The molecule has 1 heterocycles. The summed E-state index contributed by atoms with van der Waals surface area (Å²) in [7, 11) is 0. The Hall–Kier alpha value is -2.28. The molecule has 140 valence electrons. The van der Waals surface area contributed by atoms with Gasteiger partial charge in [0, 0.05) is 11.5 Å². The van der Waals surface area contributed by atoms with Gasteiger partial charge in [-0.25, -0.2) is 0 Å². The molecule has 0 saturated heterocycles. The van der Waals surface area contributed by atoms with Crippen molar-refractivity contribution in [3.8, 4) is 10.6 Å². The lowest BCUT2D eigenvalue weighted by atomic mass is 9.98. The number of rotatable bonds is 9. The number of hydrogen-bond acceptors (Lipinski definition) is 5. The molecule has 2 aromatic rings. The van der Waals surface area contributed by atoms with Gasteiger partial charge >= 0.3 is 0 Å². The Morgan fingerprint density at radius 2 is 1.85 bits per heavy atom. The van der Waals surface area contributed by atoms with Gasteiger partial charge in [0.1, 0.15) is 11.0 Å². The Labute approximate surface area is 158 Å². The highest BCUT2D eigenvalue weighted by Gasteiger charge is 2.22. The van der Waals surface area contributed by atoms with E-state index in [1.807, 2.05) is 37.3 Å². The number of nitrogens with zero attached hydrogens (tertiary/aromatic N) is 2. The van der Waals surface area contributed by atoms with E-state index >= 15 is 0 Å². The van der Waals surface area contributed by atoms with Gasteiger partial charge in [-0.15, -0.1) is 10.2 Å². The van der Waals surface area contributed by atoms with E-state index in [9.17, 15) is 9.59 Å². The minimum atomic E-state index is -0.623. The van der Waals surface area contributed by atoms with Crippen LogP contribution in [-0.4, -0.2) is 28.1 Å². The van der Waals surface area contributed by atoms with Crippen LogP contribution in [-0.2, 0) is 9.59 Å². The van der Waals surface area contributed by atoms with Crippen molar-refractivity contribution < 1.29 is 9.59 Å². The lowest BCUT2D eigenvalue weighted by Gasteiger charge is -2.18. The smallest absolute Gasteiger partial charge is 0.248 e. The predicted octanol–water partition coefficient (Wildman–Crippen LogP) is 3.86. The number of hydrogen-bond donors (Lipinski definition) is 2. The van der Waals surface area contributed by atoms with Crippen LogP contribution in [0.5, 0.6) is 0 Å². The summed E-state index contributed by atoms with van der Waals surface area (Å²) < 4.78 is 0. The van der Waals surface area contributed by atoms with Gasteiger partial charge in [-0.1, -0.05) is 68.4 Å². The van der Waals surface area contributed by atoms with E-state index < -0.39 is 6.04 Å². The molecule has 2 rings (SSSR count). The molecule has 7 heteroatoms. The standard InChI is InChI=1S/C19H26N4O2S/c1-4-6-10-14(5-2)17(25)20-13(3)16(24)21-19-23-22-18(26-19)15-11-8-7-9-12-15/h7-9,11-14H,4-6,10H2,1-3H3,(H,20,25)(H,21,23,24). The molecule has 6 nitrogen and oxygen atoms in total. The maximum Gasteiger partial charge on any atom is 0.248 e. The van der Waals surface area contributed by atoms with Crippen LogP contribution in [0.4, 0.5) is 5.13 Å². The normalized spacial score (nSPS) is 13.0. The van der Waals surface area contributed by atoms with Crippen molar-refractivity contribution in [2.45, 2.75) is 52.5 Å². The SMILES string of the molecule is CCCCC(CC)C(=O)NC(C)C(=O)Nc1nnc(-c2ccccc2)s1. The van der Waals surface area contributed by atoms with Gasteiger partial charge in [0.05, 0.1) is 0 Å². The average molecular weight is 375 g/mol. The Bertz CT molecular complexity index is 717. The number of anilines is 1. The molecule has 2 N–H and O–H groups in total. The van der Waals surface area contributed by atoms with Crippen molar-refractivity contribution >= 4 is 28.3 Å². The molecular weight excluding hydrogens is 348 g/mol. The van der Waals surface area contributed by atoms with Crippen molar-refractivity contribution in [1.82, 2.24) is 15.5 Å². The number of unbranched alkanes of at least 4 members (excludes halogenated alkanes) is 1. The Kier molecular flexibility index (Phi) is 7.72. The molecule has 0 fully saturated rings. The summed E-state index contributed by atoms with van der Waals surface area (Å²) in [5.74, 6) is -0.401. The van der Waals surface area contributed by atoms with Gasteiger partial charge in [-0.3, -0.25) is 14.9 Å². The first-order valence-electron chi connectivity index (χ1n) is 9.05. The van der Waals surface area contributed by atoms with Crippen LogP contribution in [0.1, 0.15) is 46.5 Å². The monoisotopic (exact) mass is 374 g/mol. The minimum absolute atomic E-state index is 0.0450. The van der Waals surface area contributed by atoms with Gasteiger partial charge in [0.2, 0.25) is 16.9 Å². The zero-order chi connectivity index (χ0) is 18.9. The van der Waals surface area contributed by atoms with Crippen LogP contribution in [0.2, 0.25) is 0 Å². The van der Waals surface area contributed by atoms with Crippen LogP contribution >= 0.6 is 11.3 Å². The Balaban J connectivity index is 1.91. The molecule has 2 atom stereocenters. The van der Waals surface area contributed by atoms with Crippen molar-refractivity contribution in [2.75, 3.05) is 5.32 Å². The molecule has 1 aromatic heterocycles. The molecule has 2 amide bonds. The molecule has 0 bridgehead atoms. The van der Waals surface area contributed by atoms with Crippen LogP contribution in [0.15, 0.2) is 30.3 Å². The van der Waals surface area contributed by atoms with E-state index in [1.165, 1.54) is 11.3 Å². The maximum atomic E-state index is 12.3. The van der Waals surface area contributed by atoms with Crippen LogP contribution < -0.4 is 10.6 Å². The summed E-state index contributed by atoms with van der Waals surface area (Å²) in [6.45, 7) is 5.78. The summed E-state index contributed by atoms with van der Waals surface area (Å²) in [5.41, 5.74) is 0.952. The van der Waals surface area contributed by atoms with Crippen LogP contribution in [0, 0.1) is 5.92 Å². The summed E-state index contributed by atoms with van der Waals surface area (Å²) >= 11 is 1.31. The molecule has 0 saturated carbocycles. The van der Waals surface area contributed by atoms with Crippen LogP contribution in [0.25, 0.3) is 10.6 Å². The quantitative estimate of drug-likeness (QED) is 0.698. The maximum absolute atomic E-state index is 12.3.